The predicted octanol–water partition coefficient (Wildman–Crippen LogP) is 4.25. The van der Waals surface area contributed by atoms with Gasteiger partial charge in [0, 0.05) is 46.7 Å². The van der Waals surface area contributed by atoms with Gasteiger partial charge in [0.15, 0.2) is 0 Å². The molecular weight excluding hydrogens is 404 g/mol. The molecule has 0 aliphatic carbocycles. The molecule has 0 radical (unpaired) electrons. The quantitative estimate of drug-likeness (QED) is 0.440. The topological polar surface area (TPSA) is 89.0 Å². The highest BCUT2D eigenvalue weighted by Gasteiger charge is 2.36. The molecule has 3 heterocycles. The number of fused-ring (bicyclic) bond motifs is 10. The zero-order chi connectivity index (χ0) is 22.1. The van der Waals surface area contributed by atoms with Crippen LogP contribution in [-0.2, 0) is 13.6 Å². The van der Waals surface area contributed by atoms with Gasteiger partial charge in [-0.15, -0.1) is 0 Å². The number of ether oxygens (including phenoxy) is 1. The van der Waals surface area contributed by atoms with Gasteiger partial charge in [0.1, 0.15) is 5.75 Å². The summed E-state index contributed by atoms with van der Waals surface area (Å²) in [5.41, 5.74) is 4.38. The van der Waals surface area contributed by atoms with Gasteiger partial charge in [-0.3, -0.25) is 14.9 Å². The van der Waals surface area contributed by atoms with Crippen LogP contribution in [0.5, 0.6) is 5.75 Å². The first-order chi connectivity index (χ1) is 15.6. The monoisotopic (exact) mass is 422 g/mol. The van der Waals surface area contributed by atoms with Gasteiger partial charge in [0.25, 0.3) is 11.8 Å². The molecule has 1 aliphatic rings. The van der Waals surface area contributed by atoms with Crippen molar-refractivity contribution in [3.05, 3.63) is 53.6 Å². The standard InChI is InChI=1S/C25H18N4O3/c1-28-16-7-4-3-6-14(16)18-20-21(25(31)27-24(20)30)19-15-9-8-13(32-2)12-17(15)29(11-5-10-26)23(19)22(18)28/h3-4,6-9,12H,5,11H2,1-2H3,(H,27,30,31). The van der Waals surface area contributed by atoms with Crippen LogP contribution in [0.2, 0.25) is 0 Å². The lowest BCUT2D eigenvalue weighted by atomic mass is 9.96. The number of aromatic nitrogens is 2. The Kier molecular flexibility index (Phi) is 3.66. The Balaban J connectivity index is 1.98. The van der Waals surface area contributed by atoms with Crippen LogP contribution in [0.1, 0.15) is 27.1 Å². The third-order valence-corrected chi connectivity index (χ3v) is 6.48. The molecule has 5 aromatic rings. The van der Waals surface area contributed by atoms with E-state index in [4.69, 9.17) is 4.74 Å². The Morgan fingerprint density at radius 1 is 0.969 bits per heavy atom. The van der Waals surface area contributed by atoms with Crippen molar-refractivity contribution in [1.82, 2.24) is 14.5 Å². The van der Waals surface area contributed by atoms with Crippen LogP contribution in [0.15, 0.2) is 42.5 Å². The van der Waals surface area contributed by atoms with Gasteiger partial charge in [0.05, 0.1) is 47.3 Å². The van der Waals surface area contributed by atoms with E-state index in [-0.39, 0.29) is 11.8 Å². The minimum Gasteiger partial charge on any atom is -0.497 e. The summed E-state index contributed by atoms with van der Waals surface area (Å²) < 4.78 is 9.60. The lowest BCUT2D eigenvalue weighted by Crippen LogP contribution is -2.20. The number of hydrogen-bond acceptors (Lipinski definition) is 4. The zero-order valence-corrected chi connectivity index (χ0v) is 17.5. The van der Waals surface area contributed by atoms with Gasteiger partial charge in [-0.2, -0.15) is 5.26 Å². The molecule has 32 heavy (non-hydrogen) atoms. The largest absolute Gasteiger partial charge is 0.497 e. The van der Waals surface area contributed by atoms with Gasteiger partial charge in [-0.1, -0.05) is 18.2 Å². The fraction of sp³-hybridized carbons (Fsp3) is 0.160. The number of para-hydroxylation sites is 1. The van der Waals surface area contributed by atoms with Gasteiger partial charge in [0.2, 0.25) is 0 Å². The minimum atomic E-state index is -0.389. The number of nitrogens with zero attached hydrogens (tertiary/aromatic N) is 3. The number of benzene rings is 3. The number of methoxy groups -OCH3 is 1. The van der Waals surface area contributed by atoms with E-state index in [9.17, 15) is 14.9 Å². The molecule has 1 aliphatic heterocycles. The van der Waals surface area contributed by atoms with E-state index in [2.05, 4.69) is 20.5 Å². The fourth-order valence-corrected chi connectivity index (χ4v) is 5.21. The molecule has 1 N–H and O–H groups in total. The van der Waals surface area contributed by atoms with E-state index in [0.717, 1.165) is 43.6 Å². The predicted molar refractivity (Wildman–Crippen MR) is 122 cm³/mol. The van der Waals surface area contributed by atoms with E-state index in [1.54, 1.807) is 7.11 Å². The first kappa shape index (κ1) is 18.5. The molecule has 2 amide bonds. The maximum absolute atomic E-state index is 13.0. The van der Waals surface area contributed by atoms with Crippen molar-refractivity contribution in [3.63, 3.8) is 0 Å². The van der Waals surface area contributed by atoms with Crippen molar-refractivity contribution in [2.75, 3.05) is 7.11 Å². The number of carbonyl (C=O) groups excluding carboxylic acids is 2. The Morgan fingerprint density at radius 2 is 1.66 bits per heavy atom. The molecule has 6 rings (SSSR count). The number of carbonyl (C=O) groups is 2. The normalized spacial score (nSPS) is 13.3. The summed E-state index contributed by atoms with van der Waals surface area (Å²) in [6, 6.07) is 15.8. The van der Waals surface area contributed by atoms with Gasteiger partial charge >= 0.3 is 0 Å². The minimum absolute atomic E-state index is 0.309. The van der Waals surface area contributed by atoms with Crippen molar-refractivity contribution in [1.29, 1.82) is 5.26 Å². The molecule has 7 nitrogen and oxygen atoms in total. The van der Waals surface area contributed by atoms with E-state index in [0.29, 0.717) is 29.8 Å². The number of imide groups is 1. The van der Waals surface area contributed by atoms with Gasteiger partial charge in [-0.25, -0.2) is 0 Å². The summed E-state index contributed by atoms with van der Waals surface area (Å²) in [5.74, 6) is -0.0800. The first-order valence-electron chi connectivity index (χ1n) is 10.3. The van der Waals surface area contributed by atoms with Crippen LogP contribution in [0, 0.1) is 11.3 Å². The lowest BCUT2D eigenvalue weighted by molar-refractivity contribution is 0.0880. The number of aryl methyl sites for hydroxylation is 2. The number of nitrogens with one attached hydrogen (secondary N) is 1. The lowest BCUT2D eigenvalue weighted by Gasteiger charge is -2.10. The maximum atomic E-state index is 13.0. The Morgan fingerprint density at radius 3 is 2.38 bits per heavy atom. The number of hydrogen-bond donors (Lipinski definition) is 1. The van der Waals surface area contributed by atoms with Crippen molar-refractivity contribution in [2.24, 2.45) is 7.05 Å². The number of rotatable bonds is 3. The Bertz CT molecular complexity index is 1700. The summed E-state index contributed by atoms with van der Waals surface area (Å²) in [5, 5.41) is 15.1. The van der Waals surface area contributed by atoms with Crippen LogP contribution in [0.4, 0.5) is 0 Å². The van der Waals surface area contributed by atoms with Crippen molar-refractivity contribution in [3.8, 4) is 11.8 Å². The molecule has 0 saturated carbocycles. The molecule has 0 atom stereocenters. The first-order valence-corrected chi connectivity index (χ1v) is 10.3. The average Bonchev–Trinajstić information content (AvgIpc) is 3.39. The second-order valence-electron chi connectivity index (χ2n) is 8.00. The Hall–Kier alpha value is -4.31. The highest BCUT2D eigenvalue weighted by molar-refractivity contribution is 6.39. The second-order valence-corrected chi connectivity index (χ2v) is 8.00. The summed E-state index contributed by atoms with van der Waals surface area (Å²) >= 11 is 0. The molecule has 0 bridgehead atoms. The van der Waals surface area contributed by atoms with Crippen molar-refractivity contribution >= 4 is 55.4 Å². The zero-order valence-electron chi connectivity index (χ0n) is 17.5. The molecule has 0 saturated heterocycles. The Labute approximate surface area is 182 Å². The van der Waals surface area contributed by atoms with E-state index in [1.807, 2.05) is 49.5 Å². The molecular formula is C25H18N4O3. The van der Waals surface area contributed by atoms with E-state index >= 15 is 0 Å². The number of amides is 2. The summed E-state index contributed by atoms with van der Waals surface area (Å²) in [6.07, 6.45) is 0.309. The smallest absolute Gasteiger partial charge is 0.259 e. The SMILES string of the molecule is COc1ccc2c3c4c(c5c6ccccc6n(C)c5c3n(CCC#N)c2c1)C(=O)NC4=O. The second kappa shape index (κ2) is 6.34. The molecule has 0 spiro atoms. The van der Waals surface area contributed by atoms with Crippen LogP contribution < -0.4 is 10.1 Å². The molecule has 0 unspecified atom stereocenters. The van der Waals surface area contributed by atoms with Crippen LogP contribution in [0.3, 0.4) is 0 Å². The molecule has 3 aromatic carbocycles. The van der Waals surface area contributed by atoms with Gasteiger partial charge in [-0.05, 0) is 18.2 Å². The van der Waals surface area contributed by atoms with Crippen LogP contribution in [0.25, 0.3) is 43.6 Å². The average molecular weight is 422 g/mol. The molecule has 7 heteroatoms. The molecule has 2 aromatic heterocycles. The van der Waals surface area contributed by atoms with Crippen LogP contribution >= 0.6 is 0 Å². The molecule has 0 fully saturated rings. The fourth-order valence-electron chi connectivity index (χ4n) is 5.21. The highest BCUT2D eigenvalue weighted by atomic mass is 16.5. The summed E-state index contributed by atoms with van der Waals surface area (Å²) in [4.78, 5) is 26.0. The van der Waals surface area contributed by atoms with Crippen LogP contribution in [-0.4, -0.2) is 28.1 Å². The summed E-state index contributed by atoms with van der Waals surface area (Å²) in [6.45, 7) is 0.453. The van der Waals surface area contributed by atoms with Gasteiger partial charge < -0.3 is 13.9 Å². The number of nitriles is 1. The van der Waals surface area contributed by atoms with E-state index < -0.39 is 0 Å². The van der Waals surface area contributed by atoms with E-state index in [1.165, 1.54) is 0 Å². The summed E-state index contributed by atoms with van der Waals surface area (Å²) in [7, 11) is 3.58. The van der Waals surface area contributed by atoms with Crippen molar-refractivity contribution in [2.45, 2.75) is 13.0 Å². The highest BCUT2D eigenvalue weighted by Crippen LogP contribution is 2.45. The third kappa shape index (κ3) is 2.13. The maximum Gasteiger partial charge on any atom is 0.259 e. The molecule has 156 valence electrons. The third-order valence-electron chi connectivity index (χ3n) is 6.48. The van der Waals surface area contributed by atoms with Crippen molar-refractivity contribution < 1.29 is 14.3 Å².